The third kappa shape index (κ3) is 5.34. The smallest absolute Gasteiger partial charge is 0.209 e. The Bertz CT molecular complexity index is 1070. The fourth-order valence-corrected chi connectivity index (χ4v) is 3.18. The molecule has 162 valence electrons. The van der Waals surface area contributed by atoms with Crippen LogP contribution < -0.4 is 0 Å². The van der Waals surface area contributed by atoms with Gasteiger partial charge in [-0.25, -0.2) is 17.6 Å². The van der Waals surface area contributed by atoms with E-state index in [1.165, 1.54) is 12.1 Å². The van der Waals surface area contributed by atoms with Gasteiger partial charge in [-0.05, 0) is 54.2 Å². The zero-order valence-electron chi connectivity index (χ0n) is 16.3. The number of benzene rings is 3. The second kappa shape index (κ2) is 8.96. The van der Waals surface area contributed by atoms with Gasteiger partial charge in [-0.15, -0.1) is 0 Å². The fourth-order valence-electron chi connectivity index (χ4n) is 3.18. The summed E-state index contributed by atoms with van der Waals surface area (Å²) < 4.78 is 92.2. The summed E-state index contributed by atoms with van der Waals surface area (Å²) >= 11 is 0. The molecule has 0 unspecified atom stereocenters. The first-order valence-corrected chi connectivity index (χ1v) is 9.33. The van der Waals surface area contributed by atoms with Gasteiger partial charge in [0.25, 0.3) is 0 Å². The largest absolute Gasteiger partial charge is 0.422 e. The minimum absolute atomic E-state index is 0.00313. The van der Waals surface area contributed by atoms with Crippen molar-refractivity contribution in [2.75, 3.05) is 0 Å². The van der Waals surface area contributed by atoms with E-state index in [9.17, 15) is 30.7 Å². The number of hydrogen-bond acceptors (Lipinski definition) is 0. The maximum atomic E-state index is 13.8. The highest BCUT2D eigenvalue weighted by molar-refractivity contribution is 5.64. The minimum Gasteiger partial charge on any atom is -0.209 e. The molecule has 0 saturated carbocycles. The summed E-state index contributed by atoms with van der Waals surface area (Å²) in [6.07, 6.45) is -3.89. The normalized spacial score (nSPS) is 12.6. The van der Waals surface area contributed by atoms with Crippen molar-refractivity contribution in [2.45, 2.75) is 25.9 Å². The molecule has 0 fully saturated rings. The lowest BCUT2D eigenvalue weighted by Crippen LogP contribution is -2.11. The second-order valence-electron chi connectivity index (χ2n) is 7.05. The second-order valence-corrected chi connectivity index (χ2v) is 7.05. The van der Waals surface area contributed by atoms with Gasteiger partial charge < -0.3 is 0 Å². The van der Waals surface area contributed by atoms with Crippen LogP contribution in [0.25, 0.3) is 17.0 Å². The molecule has 0 heterocycles. The van der Waals surface area contributed by atoms with Crippen LogP contribution in [0.3, 0.4) is 0 Å². The molecule has 3 aromatic rings. The molecule has 0 nitrogen and oxygen atoms in total. The van der Waals surface area contributed by atoms with E-state index in [0.717, 1.165) is 18.1 Å². The van der Waals surface area contributed by atoms with E-state index in [1.807, 2.05) is 0 Å². The summed E-state index contributed by atoms with van der Waals surface area (Å²) in [6, 6.07) is 14.3. The fraction of sp³-hybridized carbons (Fsp3) is 0.167. The van der Waals surface area contributed by atoms with Crippen LogP contribution in [-0.2, 0) is 19.0 Å². The molecule has 0 radical (unpaired) electrons. The lowest BCUT2D eigenvalue weighted by Gasteiger charge is -2.11. The number of halogens is 7. The molecule has 3 rings (SSSR count). The van der Waals surface area contributed by atoms with Crippen LogP contribution >= 0.6 is 0 Å². The third-order valence-corrected chi connectivity index (χ3v) is 4.83. The van der Waals surface area contributed by atoms with Crippen molar-refractivity contribution in [1.29, 1.82) is 0 Å². The maximum Gasteiger partial charge on any atom is 0.422 e. The van der Waals surface area contributed by atoms with E-state index >= 15 is 0 Å². The van der Waals surface area contributed by atoms with Gasteiger partial charge in [-0.2, -0.15) is 13.2 Å². The summed E-state index contributed by atoms with van der Waals surface area (Å²) in [5.74, 6) is -5.12. The minimum atomic E-state index is -5.11. The van der Waals surface area contributed by atoms with Crippen LogP contribution in [-0.4, -0.2) is 0 Å². The van der Waals surface area contributed by atoms with Gasteiger partial charge in [0, 0.05) is 5.56 Å². The topological polar surface area (TPSA) is 0 Å². The Kier molecular flexibility index (Phi) is 6.53. The van der Waals surface area contributed by atoms with E-state index in [1.54, 1.807) is 36.4 Å². The van der Waals surface area contributed by atoms with Crippen LogP contribution in [0.1, 0.15) is 29.2 Å². The van der Waals surface area contributed by atoms with E-state index in [-0.39, 0.29) is 11.1 Å². The zero-order valence-corrected chi connectivity index (χ0v) is 16.3. The van der Waals surface area contributed by atoms with Gasteiger partial charge >= 0.3 is 6.18 Å². The number of hydrogen-bond donors (Lipinski definition) is 0. The Morgan fingerprint density at radius 2 is 1.16 bits per heavy atom. The Hall–Kier alpha value is -3.09. The SMILES string of the molecule is CC(F)=C(F)c1ccc(CCc2ccc(-c3cc(F)c(C(F)(F)F)c(F)c3)cc2)cc1. The summed E-state index contributed by atoms with van der Waals surface area (Å²) in [6.45, 7) is 1.04. The lowest BCUT2D eigenvalue weighted by molar-refractivity contribution is -0.142. The number of alkyl halides is 3. The van der Waals surface area contributed by atoms with Crippen molar-refractivity contribution in [3.8, 4) is 11.1 Å². The average Bonchev–Trinajstić information content (AvgIpc) is 2.71. The van der Waals surface area contributed by atoms with Gasteiger partial charge in [-0.3, -0.25) is 0 Å². The molecule has 0 atom stereocenters. The van der Waals surface area contributed by atoms with Crippen LogP contribution in [0.5, 0.6) is 0 Å². The highest BCUT2D eigenvalue weighted by Gasteiger charge is 2.37. The first kappa shape index (κ1) is 22.6. The predicted octanol–water partition coefficient (Wildman–Crippen LogP) is 8.06. The van der Waals surface area contributed by atoms with Gasteiger partial charge in [-0.1, -0.05) is 48.5 Å². The number of allylic oxidation sites excluding steroid dienone is 1. The number of aryl methyl sites for hydroxylation is 2. The molecule has 0 aliphatic carbocycles. The van der Waals surface area contributed by atoms with E-state index in [2.05, 4.69) is 0 Å². The van der Waals surface area contributed by atoms with Crippen molar-refractivity contribution in [3.63, 3.8) is 0 Å². The molecule has 0 bridgehead atoms. The standard InChI is InChI=1S/C24H17F7/c1-14(25)23(28)18-10-6-16(7-11-18)3-2-15-4-8-17(9-5-15)19-12-20(26)22(21(27)13-19)24(29,30)31/h4-13H,2-3H2,1H3. The Morgan fingerprint density at radius 1 is 0.710 bits per heavy atom. The number of rotatable bonds is 5. The van der Waals surface area contributed by atoms with Crippen molar-refractivity contribution < 1.29 is 30.7 Å². The molecule has 0 aliphatic rings. The third-order valence-electron chi connectivity index (χ3n) is 4.83. The molecule has 31 heavy (non-hydrogen) atoms. The van der Waals surface area contributed by atoms with E-state index < -0.39 is 35.0 Å². The molecule has 0 aromatic heterocycles. The molecule has 3 aromatic carbocycles. The van der Waals surface area contributed by atoms with E-state index in [0.29, 0.717) is 30.5 Å². The van der Waals surface area contributed by atoms with Crippen LogP contribution in [0.15, 0.2) is 66.5 Å². The van der Waals surface area contributed by atoms with Gasteiger partial charge in [0.15, 0.2) is 5.83 Å². The Balaban J connectivity index is 1.71. The molecule has 0 saturated heterocycles. The van der Waals surface area contributed by atoms with Crippen LogP contribution in [0.2, 0.25) is 0 Å². The predicted molar refractivity (Wildman–Crippen MR) is 105 cm³/mol. The van der Waals surface area contributed by atoms with Crippen LogP contribution in [0.4, 0.5) is 30.7 Å². The van der Waals surface area contributed by atoms with Crippen molar-refractivity contribution in [3.05, 3.63) is 100 Å². The molecular weight excluding hydrogens is 421 g/mol. The molecular formula is C24H17F7. The van der Waals surface area contributed by atoms with Gasteiger partial charge in [0.05, 0.1) is 0 Å². The van der Waals surface area contributed by atoms with Gasteiger partial charge in [0.1, 0.15) is 23.0 Å². The molecule has 0 N–H and O–H groups in total. The highest BCUT2D eigenvalue weighted by Crippen LogP contribution is 2.36. The molecule has 0 spiro atoms. The van der Waals surface area contributed by atoms with Gasteiger partial charge in [0.2, 0.25) is 0 Å². The Morgan fingerprint density at radius 3 is 1.58 bits per heavy atom. The van der Waals surface area contributed by atoms with Crippen molar-refractivity contribution in [1.82, 2.24) is 0 Å². The first-order chi connectivity index (χ1) is 14.6. The first-order valence-electron chi connectivity index (χ1n) is 9.33. The maximum absolute atomic E-state index is 13.8. The Labute approximate surface area is 174 Å². The average molecular weight is 438 g/mol. The summed E-state index contributed by atoms with van der Waals surface area (Å²) in [4.78, 5) is 0. The molecule has 0 amide bonds. The lowest BCUT2D eigenvalue weighted by atomic mass is 9.98. The van der Waals surface area contributed by atoms with Crippen molar-refractivity contribution in [2.24, 2.45) is 0 Å². The summed E-state index contributed by atoms with van der Waals surface area (Å²) in [7, 11) is 0. The molecule has 0 aliphatic heterocycles. The summed E-state index contributed by atoms with van der Waals surface area (Å²) in [5, 5.41) is 0. The molecule has 7 heteroatoms. The summed E-state index contributed by atoms with van der Waals surface area (Å²) in [5.41, 5.74) is 0.433. The quantitative estimate of drug-likeness (QED) is 0.354. The zero-order chi connectivity index (χ0) is 22.8. The van der Waals surface area contributed by atoms with Crippen LogP contribution in [0, 0.1) is 11.6 Å². The monoisotopic (exact) mass is 438 g/mol. The van der Waals surface area contributed by atoms with Crippen molar-refractivity contribution >= 4 is 5.83 Å². The van der Waals surface area contributed by atoms with E-state index in [4.69, 9.17) is 0 Å². The highest BCUT2D eigenvalue weighted by atomic mass is 19.4.